The number of benzene rings is 6. The quantitative estimate of drug-likeness (QED) is 0.142. The van der Waals surface area contributed by atoms with E-state index >= 15 is 0 Å². The van der Waals surface area contributed by atoms with E-state index in [4.69, 9.17) is 19.7 Å². The van der Waals surface area contributed by atoms with Crippen molar-refractivity contribution >= 4 is 55.6 Å². The SMILES string of the molecule is NCc1ccc(-c2nc3cc4ccccc4cc3o2)cc1.O=C(NCc1ccc(-c2nc3cc4ccccc4cc3o2)cc1)c1cccnc1.O=C(O)c1cccnc1. The molecule has 11 heteroatoms. The number of oxazole rings is 2. The monoisotopic (exact) mass is 776 g/mol. The highest BCUT2D eigenvalue weighted by atomic mass is 16.4. The van der Waals surface area contributed by atoms with Crippen molar-refractivity contribution in [3.63, 3.8) is 0 Å². The standard InChI is InChI=1S/C24H17N3O2.C18H14N2O.C6H5NO2/c28-23(20-6-3-11-25-15-20)26-14-16-7-9-17(10-8-16)24-27-21-12-18-4-1-2-5-19(18)13-22(21)29-24;19-11-12-5-7-13(8-6-12)18-20-16-9-14-3-1-2-4-15(14)10-17(16)21-18;8-6(9)5-2-1-3-7-4-5/h1-13,15H,14H2,(H,26,28);1-10H,11,19H2;1-4H,(H,8,9). The first-order chi connectivity index (χ1) is 28.9. The first-order valence-corrected chi connectivity index (χ1v) is 18.7. The number of fused-ring (bicyclic) bond motifs is 4. The van der Waals surface area contributed by atoms with Gasteiger partial charge in [0.1, 0.15) is 11.0 Å². The maximum absolute atomic E-state index is 12.1. The lowest BCUT2D eigenvalue weighted by molar-refractivity contribution is 0.0696. The molecule has 10 rings (SSSR count). The Balaban J connectivity index is 0.000000140. The van der Waals surface area contributed by atoms with Gasteiger partial charge in [0.05, 0.1) is 11.1 Å². The number of carboxylic acids is 1. The molecule has 4 N–H and O–H groups in total. The summed E-state index contributed by atoms with van der Waals surface area (Å²) in [7, 11) is 0. The van der Waals surface area contributed by atoms with Crippen molar-refractivity contribution in [1.82, 2.24) is 25.3 Å². The van der Waals surface area contributed by atoms with Gasteiger partial charge in [-0.2, -0.15) is 0 Å². The summed E-state index contributed by atoms with van der Waals surface area (Å²) >= 11 is 0. The van der Waals surface area contributed by atoms with E-state index < -0.39 is 5.97 Å². The Hall–Kier alpha value is -8.02. The summed E-state index contributed by atoms with van der Waals surface area (Å²) in [5.74, 6) is 0.140. The summed E-state index contributed by atoms with van der Waals surface area (Å²) < 4.78 is 11.9. The van der Waals surface area contributed by atoms with Crippen molar-refractivity contribution in [1.29, 1.82) is 0 Å². The molecule has 288 valence electrons. The molecular weight excluding hydrogens is 741 g/mol. The second-order valence-corrected chi connectivity index (χ2v) is 13.4. The molecule has 0 unspecified atom stereocenters. The van der Waals surface area contributed by atoms with Crippen LogP contribution in [-0.2, 0) is 13.1 Å². The minimum atomic E-state index is -0.942. The molecule has 0 aliphatic heterocycles. The maximum Gasteiger partial charge on any atom is 0.337 e. The van der Waals surface area contributed by atoms with Gasteiger partial charge in [-0.15, -0.1) is 0 Å². The maximum atomic E-state index is 12.1. The first kappa shape index (κ1) is 37.9. The fraction of sp³-hybridized carbons (Fsp3) is 0.0417. The van der Waals surface area contributed by atoms with Crippen LogP contribution in [0.15, 0.2) is 179 Å². The Bertz CT molecular complexity index is 2920. The van der Waals surface area contributed by atoms with Crippen molar-refractivity contribution in [2.75, 3.05) is 0 Å². The van der Waals surface area contributed by atoms with Crippen molar-refractivity contribution in [3.8, 4) is 22.9 Å². The van der Waals surface area contributed by atoms with Gasteiger partial charge in [-0.3, -0.25) is 14.8 Å². The predicted octanol–water partition coefficient (Wildman–Crippen LogP) is 9.86. The van der Waals surface area contributed by atoms with Gasteiger partial charge < -0.3 is 25.0 Å². The highest BCUT2D eigenvalue weighted by molar-refractivity contribution is 5.96. The number of aromatic nitrogens is 4. The second kappa shape index (κ2) is 17.4. The number of carbonyl (C=O) groups excluding carboxylic acids is 1. The summed E-state index contributed by atoms with van der Waals surface area (Å²) in [4.78, 5) is 39.1. The molecule has 0 atom stereocenters. The zero-order chi connectivity index (χ0) is 40.6. The molecular formula is C48H36N6O5. The minimum Gasteiger partial charge on any atom is -0.478 e. The summed E-state index contributed by atoms with van der Waals surface area (Å²) in [6.07, 6.45) is 6.04. The molecule has 0 saturated carbocycles. The third-order valence-corrected chi connectivity index (χ3v) is 9.43. The van der Waals surface area contributed by atoms with Gasteiger partial charge in [0, 0.05) is 49.0 Å². The molecule has 0 saturated heterocycles. The summed E-state index contributed by atoms with van der Waals surface area (Å²) in [6.45, 7) is 0.978. The van der Waals surface area contributed by atoms with Gasteiger partial charge in [-0.1, -0.05) is 72.8 Å². The highest BCUT2D eigenvalue weighted by Crippen LogP contribution is 2.29. The highest BCUT2D eigenvalue weighted by Gasteiger charge is 2.12. The molecule has 1 amide bonds. The van der Waals surface area contributed by atoms with Crippen molar-refractivity contribution in [2.24, 2.45) is 5.73 Å². The number of rotatable bonds is 7. The number of amides is 1. The van der Waals surface area contributed by atoms with E-state index in [1.807, 2.05) is 91.0 Å². The number of carbonyl (C=O) groups is 2. The third-order valence-electron chi connectivity index (χ3n) is 9.43. The fourth-order valence-corrected chi connectivity index (χ4v) is 6.29. The Morgan fingerprint density at radius 2 is 1.02 bits per heavy atom. The van der Waals surface area contributed by atoms with Gasteiger partial charge in [0.25, 0.3) is 5.91 Å². The average molecular weight is 777 g/mol. The van der Waals surface area contributed by atoms with Crippen LogP contribution >= 0.6 is 0 Å². The van der Waals surface area contributed by atoms with Crippen LogP contribution in [-0.4, -0.2) is 36.9 Å². The number of pyridine rings is 2. The lowest BCUT2D eigenvalue weighted by Gasteiger charge is -2.05. The topological polar surface area (TPSA) is 170 Å². The van der Waals surface area contributed by atoms with Crippen LogP contribution in [0.3, 0.4) is 0 Å². The smallest absolute Gasteiger partial charge is 0.337 e. The molecule has 0 aliphatic rings. The first-order valence-electron chi connectivity index (χ1n) is 18.7. The lowest BCUT2D eigenvalue weighted by atomic mass is 10.1. The third kappa shape index (κ3) is 9.01. The lowest BCUT2D eigenvalue weighted by Crippen LogP contribution is -2.22. The van der Waals surface area contributed by atoms with E-state index in [0.29, 0.717) is 30.4 Å². The van der Waals surface area contributed by atoms with Crippen LogP contribution < -0.4 is 11.1 Å². The molecule has 0 spiro atoms. The van der Waals surface area contributed by atoms with Crippen LogP contribution in [0.1, 0.15) is 31.8 Å². The Kier molecular flexibility index (Phi) is 11.2. The largest absolute Gasteiger partial charge is 0.478 e. The molecule has 0 bridgehead atoms. The van der Waals surface area contributed by atoms with E-state index in [1.54, 1.807) is 30.6 Å². The molecule has 0 aliphatic carbocycles. The van der Waals surface area contributed by atoms with Crippen molar-refractivity contribution < 1.29 is 23.5 Å². The summed E-state index contributed by atoms with van der Waals surface area (Å²) in [6, 6.07) is 46.9. The molecule has 11 nitrogen and oxygen atoms in total. The molecule has 59 heavy (non-hydrogen) atoms. The number of aromatic carboxylic acids is 1. The average Bonchev–Trinajstić information content (AvgIpc) is 3.91. The van der Waals surface area contributed by atoms with Crippen molar-refractivity contribution in [3.05, 3.63) is 193 Å². The molecule has 0 radical (unpaired) electrons. The van der Waals surface area contributed by atoms with Crippen LogP contribution in [0.2, 0.25) is 0 Å². The Labute approximate surface area is 337 Å². The van der Waals surface area contributed by atoms with Gasteiger partial charge in [0.15, 0.2) is 11.2 Å². The van der Waals surface area contributed by atoms with Gasteiger partial charge in [-0.05, 0) is 105 Å². The number of nitrogens with two attached hydrogens (primary N) is 1. The molecule has 4 heterocycles. The van der Waals surface area contributed by atoms with E-state index in [9.17, 15) is 9.59 Å². The summed E-state index contributed by atoms with van der Waals surface area (Å²) in [5.41, 5.74) is 13.6. The Morgan fingerprint density at radius 3 is 1.44 bits per heavy atom. The van der Waals surface area contributed by atoms with Gasteiger partial charge in [0.2, 0.25) is 11.8 Å². The molecule has 10 aromatic rings. The zero-order valence-corrected chi connectivity index (χ0v) is 31.5. The molecule has 6 aromatic carbocycles. The minimum absolute atomic E-state index is 0.145. The van der Waals surface area contributed by atoms with Gasteiger partial charge >= 0.3 is 5.97 Å². The fourth-order valence-electron chi connectivity index (χ4n) is 6.29. The van der Waals surface area contributed by atoms with Crippen molar-refractivity contribution in [2.45, 2.75) is 13.1 Å². The number of nitrogens with zero attached hydrogens (tertiary/aromatic N) is 4. The van der Waals surface area contributed by atoms with Crippen LogP contribution in [0.5, 0.6) is 0 Å². The normalized spacial score (nSPS) is 10.8. The summed E-state index contributed by atoms with van der Waals surface area (Å²) in [5, 5.41) is 15.8. The Morgan fingerprint density at radius 1 is 0.559 bits per heavy atom. The van der Waals surface area contributed by atoms with E-state index in [-0.39, 0.29) is 11.5 Å². The van der Waals surface area contributed by atoms with Crippen LogP contribution in [0.25, 0.3) is 66.7 Å². The zero-order valence-electron chi connectivity index (χ0n) is 31.5. The predicted molar refractivity (Wildman–Crippen MR) is 228 cm³/mol. The second-order valence-electron chi connectivity index (χ2n) is 13.4. The number of nitrogens with one attached hydrogen (secondary N) is 1. The number of hydrogen-bond acceptors (Lipinski definition) is 9. The van der Waals surface area contributed by atoms with E-state index in [0.717, 1.165) is 60.6 Å². The number of hydrogen-bond donors (Lipinski definition) is 3. The van der Waals surface area contributed by atoms with Gasteiger partial charge in [-0.25, -0.2) is 14.8 Å². The molecule has 4 aromatic heterocycles. The van der Waals surface area contributed by atoms with Crippen LogP contribution in [0, 0.1) is 0 Å². The van der Waals surface area contributed by atoms with Crippen LogP contribution in [0.4, 0.5) is 0 Å². The van der Waals surface area contributed by atoms with E-state index in [1.165, 1.54) is 23.8 Å². The number of carboxylic acid groups (broad SMARTS) is 1. The molecule has 0 fully saturated rings. The van der Waals surface area contributed by atoms with E-state index in [2.05, 4.69) is 55.6 Å².